The number of thiophene rings is 1. The highest BCUT2D eigenvalue weighted by Crippen LogP contribution is 2.34. The molecule has 2 aromatic heterocycles. The molecule has 0 radical (unpaired) electrons. The maximum Gasteiger partial charge on any atom is 0.260 e. The normalized spacial score (nSPS) is 14.0. The molecule has 7 heteroatoms. The van der Waals surface area contributed by atoms with Crippen LogP contribution >= 0.6 is 11.3 Å². The number of phenols is 1. The first-order valence-electron chi connectivity index (χ1n) is 8.64. The van der Waals surface area contributed by atoms with Crippen molar-refractivity contribution in [1.29, 1.82) is 5.26 Å². The molecule has 136 valence electrons. The quantitative estimate of drug-likeness (QED) is 0.677. The maximum absolute atomic E-state index is 12.7. The summed E-state index contributed by atoms with van der Waals surface area (Å²) in [4.78, 5) is 21.9. The maximum atomic E-state index is 12.7. The summed E-state index contributed by atoms with van der Waals surface area (Å²) in [6, 6.07) is 6.88. The van der Waals surface area contributed by atoms with Crippen molar-refractivity contribution in [3.8, 4) is 17.6 Å². The third-order valence-electron chi connectivity index (χ3n) is 4.72. The van der Waals surface area contributed by atoms with Gasteiger partial charge in [-0.25, -0.2) is 4.98 Å². The van der Waals surface area contributed by atoms with E-state index in [2.05, 4.69) is 16.0 Å². The van der Waals surface area contributed by atoms with E-state index in [1.54, 1.807) is 29.5 Å². The van der Waals surface area contributed by atoms with Gasteiger partial charge < -0.3 is 14.8 Å². The lowest BCUT2D eigenvalue weighted by Crippen LogP contribution is -2.12. The monoisotopic (exact) mass is 379 g/mol. The number of allylic oxidation sites excluding steroid dienone is 1. The summed E-state index contributed by atoms with van der Waals surface area (Å²) in [5.41, 5.74) is 1.83. The molecule has 0 spiro atoms. The number of rotatable bonds is 3. The van der Waals surface area contributed by atoms with Crippen LogP contribution in [0.3, 0.4) is 0 Å². The Morgan fingerprint density at radius 2 is 2.22 bits per heavy atom. The molecule has 0 fully saturated rings. The molecule has 2 N–H and O–H groups in total. The fourth-order valence-electron chi connectivity index (χ4n) is 3.40. The van der Waals surface area contributed by atoms with E-state index in [1.807, 2.05) is 0 Å². The molecule has 1 aromatic carbocycles. The first-order chi connectivity index (χ1) is 13.1. The summed E-state index contributed by atoms with van der Waals surface area (Å²) in [6.07, 6.45) is 5.73. The molecule has 0 unspecified atom stereocenters. The first-order valence-corrected chi connectivity index (χ1v) is 9.46. The SMILES string of the molecule is COc1cc(C=C(C#N)c2nc3sc4c(c3c(=O)[nH]2)CCCC4)ccc1O. The Bertz CT molecular complexity index is 1170. The summed E-state index contributed by atoms with van der Waals surface area (Å²) in [7, 11) is 1.46. The van der Waals surface area contributed by atoms with E-state index in [4.69, 9.17) is 4.74 Å². The van der Waals surface area contributed by atoms with Gasteiger partial charge in [-0.05, 0) is 55.0 Å². The van der Waals surface area contributed by atoms with Gasteiger partial charge in [0.15, 0.2) is 17.3 Å². The minimum Gasteiger partial charge on any atom is -0.504 e. The lowest BCUT2D eigenvalue weighted by Gasteiger charge is -2.09. The fourth-order valence-corrected chi connectivity index (χ4v) is 4.66. The molecule has 0 bridgehead atoms. The van der Waals surface area contributed by atoms with E-state index in [0.29, 0.717) is 21.5 Å². The molecule has 0 atom stereocenters. The number of aromatic hydroxyl groups is 1. The summed E-state index contributed by atoms with van der Waals surface area (Å²) >= 11 is 1.55. The van der Waals surface area contributed by atoms with Crippen LogP contribution in [0, 0.1) is 11.3 Å². The number of methoxy groups -OCH3 is 1. The van der Waals surface area contributed by atoms with Gasteiger partial charge in [0, 0.05) is 4.88 Å². The molecular weight excluding hydrogens is 362 g/mol. The minimum absolute atomic E-state index is 0.0188. The molecular formula is C20H17N3O3S. The van der Waals surface area contributed by atoms with E-state index in [1.165, 1.54) is 18.1 Å². The summed E-state index contributed by atoms with van der Waals surface area (Å²) < 4.78 is 5.10. The molecule has 2 heterocycles. The molecule has 6 nitrogen and oxygen atoms in total. The number of phenolic OH excluding ortho intramolecular Hbond substituents is 1. The highest BCUT2D eigenvalue weighted by atomic mass is 32.1. The molecule has 4 rings (SSSR count). The number of hydrogen-bond acceptors (Lipinski definition) is 6. The molecule has 0 amide bonds. The Balaban J connectivity index is 1.82. The van der Waals surface area contributed by atoms with E-state index in [9.17, 15) is 15.2 Å². The molecule has 0 saturated carbocycles. The van der Waals surface area contributed by atoms with Gasteiger partial charge in [-0.1, -0.05) is 6.07 Å². The third-order valence-corrected chi connectivity index (χ3v) is 5.90. The molecule has 27 heavy (non-hydrogen) atoms. The molecule has 0 saturated heterocycles. The number of aryl methyl sites for hydroxylation is 2. The predicted octanol–water partition coefficient (Wildman–Crippen LogP) is 3.64. The van der Waals surface area contributed by atoms with Crippen LogP contribution < -0.4 is 10.3 Å². The number of hydrogen-bond donors (Lipinski definition) is 2. The van der Waals surface area contributed by atoms with E-state index in [0.717, 1.165) is 31.2 Å². The van der Waals surface area contributed by atoms with Gasteiger partial charge in [0.25, 0.3) is 5.56 Å². The number of nitrogens with zero attached hydrogens (tertiary/aromatic N) is 2. The predicted molar refractivity (Wildman–Crippen MR) is 105 cm³/mol. The Hall–Kier alpha value is -3.11. The highest BCUT2D eigenvalue weighted by molar-refractivity contribution is 7.18. The van der Waals surface area contributed by atoms with Crippen molar-refractivity contribution in [1.82, 2.24) is 9.97 Å². The van der Waals surface area contributed by atoms with Crippen LogP contribution in [-0.2, 0) is 12.8 Å². The fraction of sp³-hybridized carbons (Fsp3) is 0.250. The third kappa shape index (κ3) is 3.09. The number of fused-ring (bicyclic) bond motifs is 3. The van der Waals surface area contributed by atoms with Crippen molar-refractivity contribution < 1.29 is 9.84 Å². The number of nitriles is 1. The summed E-state index contributed by atoms with van der Waals surface area (Å²) in [5, 5.41) is 20.0. The van der Waals surface area contributed by atoms with E-state index in [-0.39, 0.29) is 22.7 Å². The van der Waals surface area contributed by atoms with Crippen LogP contribution in [0.1, 0.15) is 34.7 Å². The van der Waals surface area contributed by atoms with Gasteiger partial charge >= 0.3 is 0 Å². The van der Waals surface area contributed by atoms with Crippen molar-refractivity contribution >= 4 is 33.2 Å². The lowest BCUT2D eigenvalue weighted by atomic mass is 9.97. The zero-order valence-corrected chi connectivity index (χ0v) is 15.5. The van der Waals surface area contributed by atoms with Crippen LogP contribution in [0.5, 0.6) is 11.5 Å². The van der Waals surface area contributed by atoms with Crippen LogP contribution in [0.25, 0.3) is 21.9 Å². The molecule has 3 aromatic rings. The largest absolute Gasteiger partial charge is 0.504 e. The van der Waals surface area contributed by atoms with Crippen LogP contribution in [-0.4, -0.2) is 22.2 Å². The van der Waals surface area contributed by atoms with Gasteiger partial charge in [-0.15, -0.1) is 11.3 Å². The van der Waals surface area contributed by atoms with Crippen molar-refractivity contribution in [3.63, 3.8) is 0 Å². The van der Waals surface area contributed by atoms with Crippen LogP contribution in [0.15, 0.2) is 23.0 Å². The molecule has 0 aliphatic heterocycles. The lowest BCUT2D eigenvalue weighted by molar-refractivity contribution is 0.373. The minimum atomic E-state index is -0.196. The molecule has 1 aliphatic rings. The van der Waals surface area contributed by atoms with Gasteiger partial charge in [-0.3, -0.25) is 4.79 Å². The number of aromatic amines is 1. The number of H-pyrrole nitrogens is 1. The second-order valence-electron chi connectivity index (χ2n) is 6.41. The smallest absolute Gasteiger partial charge is 0.260 e. The standard InChI is InChI=1S/C20H17N3O3S/c1-26-15-9-11(6-7-14(15)24)8-12(10-21)18-22-19(25)17-13-4-2-3-5-16(13)27-20(17)23-18/h6-9,24H,2-5H2,1H3,(H,22,23,25). The Kier molecular flexibility index (Phi) is 4.42. The average molecular weight is 379 g/mol. The Labute approximate surface area is 159 Å². The molecule has 1 aliphatic carbocycles. The zero-order valence-electron chi connectivity index (χ0n) is 14.7. The second-order valence-corrected chi connectivity index (χ2v) is 7.49. The van der Waals surface area contributed by atoms with Crippen molar-refractivity contribution in [2.45, 2.75) is 25.7 Å². The number of ether oxygens (including phenoxy) is 1. The van der Waals surface area contributed by atoms with Crippen molar-refractivity contribution in [3.05, 3.63) is 50.4 Å². The van der Waals surface area contributed by atoms with Crippen LogP contribution in [0.4, 0.5) is 0 Å². The van der Waals surface area contributed by atoms with E-state index < -0.39 is 0 Å². The van der Waals surface area contributed by atoms with Gasteiger partial charge in [0.05, 0.1) is 18.1 Å². The topological polar surface area (TPSA) is 99.0 Å². The van der Waals surface area contributed by atoms with Crippen LogP contribution in [0.2, 0.25) is 0 Å². The van der Waals surface area contributed by atoms with E-state index >= 15 is 0 Å². The number of aromatic nitrogens is 2. The highest BCUT2D eigenvalue weighted by Gasteiger charge is 2.20. The Morgan fingerprint density at radius 1 is 1.41 bits per heavy atom. The second kappa shape index (κ2) is 6.89. The van der Waals surface area contributed by atoms with Gasteiger partial charge in [-0.2, -0.15) is 5.26 Å². The summed E-state index contributed by atoms with van der Waals surface area (Å²) in [6.45, 7) is 0. The van der Waals surface area contributed by atoms with Gasteiger partial charge in [0.1, 0.15) is 10.9 Å². The van der Waals surface area contributed by atoms with Gasteiger partial charge in [0.2, 0.25) is 0 Å². The Morgan fingerprint density at radius 3 is 3.00 bits per heavy atom. The summed E-state index contributed by atoms with van der Waals surface area (Å²) in [5.74, 6) is 0.579. The zero-order chi connectivity index (χ0) is 19.0. The number of nitrogens with one attached hydrogen (secondary N) is 1. The number of benzene rings is 1. The van der Waals surface area contributed by atoms with Crippen molar-refractivity contribution in [2.24, 2.45) is 0 Å². The first kappa shape index (κ1) is 17.3. The average Bonchev–Trinajstić information content (AvgIpc) is 3.06. The van der Waals surface area contributed by atoms with Crippen molar-refractivity contribution in [2.75, 3.05) is 7.11 Å².